The highest BCUT2D eigenvalue weighted by molar-refractivity contribution is 5.78. The fourth-order valence-corrected chi connectivity index (χ4v) is 2.97. The van der Waals surface area contributed by atoms with Gasteiger partial charge in [0.25, 0.3) is 0 Å². The third-order valence-corrected chi connectivity index (χ3v) is 4.58. The van der Waals surface area contributed by atoms with E-state index in [0.717, 1.165) is 18.5 Å². The number of carbonyl (C=O) groups excluding carboxylic acids is 1. The van der Waals surface area contributed by atoms with Gasteiger partial charge in [0.15, 0.2) is 0 Å². The fourth-order valence-electron chi connectivity index (χ4n) is 2.97. The van der Waals surface area contributed by atoms with E-state index in [1.165, 1.54) is 45.2 Å². The molecule has 3 aliphatic rings. The Bertz CT molecular complexity index is 312. The molecule has 1 heterocycles. The largest absolute Gasteiger partial charge is 0.342 e. The molecule has 1 amide bonds. The van der Waals surface area contributed by atoms with Crippen LogP contribution < -0.4 is 5.32 Å². The number of nitrogens with one attached hydrogen (secondary N) is 1. The van der Waals surface area contributed by atoms with Crippen LogP contribution in [0.2, 0.25) is 0 Å². The Morgan fingerprint density at radius 1 is 1.28 bits per heavy atom. The molecule has 4 nitrogen and oxygen atoms in total. The first-order chi connectivity index (χ1) is 8.74. The standard InChI is InChI=1S/C14H25N3O/c1-16(12-2-3-12)14(18)9-15-8-11-6-7-17(10-11)13-4-5-13/h11-13,15H,2-10H2,1H3. The Morgan fingerprint density at radius 2 is 2.06 bits per heavy atom. The second kappa shape index (κ2) is 5.17. The zero-order valence-electron chi connectivity index (χ0n) is 11.4. The molecule has 0 aromatic carbocycles. The molecular formula is C14H25N3O. The first-order valence-electron chi connectivity index (χ1n) is 7.44. The van der Waals surface area contributed by atoms with E-state index in [2.05, 4.69) is 10.2 Å². The lowest BCUT2D eigenvalue weighted by molar-refractivity contribution is -0.129. The van der Waals surface area contributed by atoms with Gasteiger partial charge in [-0.05, 0) is 51.1 Å². The molecule has 4 heteroatoms. The Balaban J connectivity index is 1.31. The van der Waals surface area contributed by atoms with E-state index in [1.54, 1.807) is 0 Å². The summed E-state index contributed by atoms with van der Waals surface area (Å²) in [7, 11) is 1.94. The predicted octanol–water partition coefficient (Wildman–Crippen LogP) is 0.681. The second-order valence-electron chi connectivity index (χ2n) is 6.25. The van der Waals surface area contributed by atoms with Crippen molar-refractivity contribution in [1.29, 1.82) is 0 Å². The molecule has 102 valence electrons. The normalized spacial score (nSPS) is 28.6. The van der Waals surface area contributed by atoms with E-state index in [0.29, 0.717) is 12.6 Å². The number of hydrogen-bond acceptors (Lipinski definition) is 3. The van der Waals surface area contributed by atoms with E-state index < -0.39 is 0 Å². The average molecular weight is 251 g/mol. The summed E-state index contributed by atoms with van der Waals surface area (Å²) in [6, 6.07) is 1.44. The lowest BCUT2D eigenvalue weighted by Crippen LogP contribution is -2.38. The molecule has 2 saturated carbocycles. The smallest absolute Gasteiger partial charge is 0.236 e. The van der Waals surface area contributed by atoms with Crippen molar-refractivity contribution in [2.75, 3.05) is 33.2 Å². The van der Waals surface area contributed by atoms with Crippen molar-refractivity contribution in [2.24, 2.45) is 5.92 Å². The van der Waals surface area contributed by atoms with Gasteiger partial charge in [-0.3, -0.25) is 4.79 Å². The summed E-state index contributed by atoms with van der Waals surface area (Å²) in [5.41, 5.74) is 0. The van der Waals surface area contributed by atoms with Gasteiger partial charge in [0.2, 0.25) is 5.91 Å². The highest BCUT2D eigenvalue weighted by atomic mass is 16.2. The van der Waals surface area contributed by atoms with Gasteiger partial charge < -0.3 is 15.1 Å². The van der Waals surface area contributed by atoms with Gasteiger partial charge in [-0.1, -0.05) is 0 Å². The van der Waals surface area contributed by atoms with Crippen molar-refractivity contribution in [3.63, 3.8) is 0 Å². The van der Waals surface area contributed by atoms with E-state index in [-0.39, 0.29) is 5.91 Å². The van der Waals surface area contributed by atoms with Gasteiger partial charge in [0.05, 0.1) is 6.54 Å². The lowest BCUT2D eigenvalue weighted by Gasteiger charge is -2.18. The SMILES string of the molecule is CN(C(=O)CNCC1CCN(C2CC2)C1)C1CC1. The van der Waals surface area contributed by atoms with Crippen molar-refractivity contribution in [3.8, 4) is 0 Å². The Hall–Kier alpha value is -0.610. The topological polar surface area (TPSA) is 35.6 Å². The molecule has 1 N–H and O–H groups in total. The quantitative estimate of drug-likeness (QED) is 0.754. The van der Waals surface area contributed by atoms with Crippen LogP contribution in [-0.4, -0.2) is 61.0 Å². The third-order valence-electron chi connectivity index (χ3n) is 4.58. The molecule has 0 spiro atoms. The first kappa shape index (κ1) is 12.4. The number of amides is 1. The van der Waals surface area contributed by atoms with Crippen LogP contribution in [0.3, 0.4) is 0 Å². The molecule has 0 radical (unpaired) electrons. The Kier molecular flexibility index (Phi) is 3.57. The van der Waals surface area contributed by atoms with Crippen LogP contribution in [-0.2, 0) is 4.79 Å². The van der Waals surface area contributed by atoms with Crippen LogP contribution in [0.25, 0.3) is 0 Å². The zero-order chi connectivity index (χ0) is 12.5. The molecular weight excluding hydrogens is 226 g/mol. The Morgan fingerprint density at radius 3 is 2.72 bits per heavy atom. The molecule has 0 bridgehead atoms. The summed E-state index contributed by atoms with van der Waals surface area (Å²) in [4.78, 5) is 16.4. The van der Waals surface area contributed by atoms with Gasteiger partial charge in [0.1, 0.15) is 0 Å². The number of nitrogens with zero attached hydrogens (tertiary/aromatic N) is 2. The maximum Gasteiger partial charge on any atom is 0.236 e. The summed E-state index contributed by atoms with van der Waals surface area (Å²) in [5, 5.41) is 3.35. The molecule has 0 aromatic heterocycles. The molecule has 18 heavy (non-hydrogen) atoms. The molecule has 3 rings (SSSR count). The fraction of sp³-hybridized carbons (Fsp3) is 0.929. The molecule has 3 fully saturated rings. The van der Waals surface area contributed by atoms with Gasteiger partial charge in [-0.25, -0.2) is 0 Å². The molecule has 1 unspecified atom stereocenters. The van der Waals surface area contributed by atoms with Crippen LogP contribution in [0.5, 0.6) is 0 Å². The highest BCUT2D eigenvalue weighted by Crippen LogP contribution is 2.31. The number of likely N-dealkylation sites (N-methyl/N-ethyl adjacent to an activating group) is 1. The molecule has 2 aliphatic carbocycles. The molecule has 1 saturated heterocycles. The van der Waals surface area contributed by atoms with Crippen LogP contribution >= 0.6 is 0 Å². The van der Waals surface area contributed by atoms with E-state index in [9.17, 15) is 4.79 Å². The monoisotopic (exact) mass is 251 g/mol. The van der Waals surface area contributed by atoms with Crippen LogP contribution in [0.4, 0.5) is 0 Å². The van der Waals surface area contributed by atoms with Crippen molar-refractivity contribution in [3.05, 3.63) is 0 Å². The highest BCUT2D eigenvalue weighted by Gasteiger charge is 2.34. The van der Waals surface area contributed by atoms with E-state index in [1.807, 2.05) is 11.9 Å². The second-order valence-corrected chi connectivity index (χ2v) is 6.25. The third kappa shape index (κ3) is 3.04. The van der Waals surface area contributed by atoms with E-state index in [4.69, 9.17) is 0 Å². The van der Waals surface area contributed by atoms with Crippen LogP contribution in [0.15, 0.2) is 0 Å². The summed E-state index contributed by atoms with van der Waals surface area (Å²) >= 11 is 0. The van der Waals surface area contributed by atoms with Crippen LogP contribution in [0, 0.1) is 5.92 Å². The summed E-state index contributed by atoms with van der Waals surface area (Å²) in [6.07, 6.45) is 6.51. The minimum Gasteiger partial charge on any atom is -0.342 e. The van der Waals surface area contributed by atoms with Gasteiger partial charge in [0, 0.05) is 25.7 Å². The molecule has 1 atom stereocenters. The number of hydrogen-bond donors (Lipinski definition) is 1. The minimum atomic E-state index is 0.259. The van der Waals surface area contributed by atoms with Crippen LogP contribution in [0.1, 0.15) is 32.1 Å². The predicted molar refractivity (Wildman–Crippen MR) is 71.4 cm³/mol. The lowest BCUT2D eigenvalue weighted by atomic mass is 10.1. The summed E-state index contributed by atoms with van der Waals surface area (Å²) < 4.78 is 0. The maximum absolute atomic E-state index is 11.8. The van der Waals surface area contributed by atoms with Crippen molar-refractivity contribution in [2.45, 2.75) is 44.2 Å². The first-order valence-corrected chi connectivity index (χ1v) is 7.44. The van der Waals surface area contributed by atoms with Gasteiger partial charge >= 0.3 is 0 Å². The minimum absolute atomic E-state index is 0.259. The van der Waals surface area contributed by atoms with Gasteiger partial charge in [-0.2, -0.15) is 0 Å². The van der Waals surface area contributed by atoms with Crippen molar-refractivity contribution < 1.29 is 4.79 Å². The number of rotatable bonds is 6. The number of likely N-dealkylation sites (tertiary alicyclic amines) is 1. The van der Waals surface area contributed by atoms with Crippen molar-refractivity contribution in [1.82, 2.24) is 15.1 Å². The summed E-state index contributed by atoms with van der Waals surface area (Å²) in [6.45, 7) is 4.04. The number of carbonyl (C=O) groups is 1. The average Bonchev–Trinajstić information content (AvgIpc) is 3.27. The zero-order valence-corrected chi connectivity index (χ0v) is 11.4. The van der Waals surface area contributed by atoms with E-state index >= 15 is 0 Å². The molecule has 0 aromatic rings. The van der Waals surface area contributed by atoms with Crippen molar-refractivity contribution >= 4 is 5.91 Å². The molecule has 1 aliphatic heterocycles. The maximum atomic E-state index is 11.8. The summed E-state index contributed by atoms with van der Waals surface area (Å²) in [5.74, 6) is 1.01. The van der Waals surface area contributed by atoms with Gasteiger partial charge in [-0.15, -0.1) is 0 Å². The Labute approximate surface area is 110 Å².